The second-order valence-electron chi connectivity index (χ2n) is 12.4. The number of aromatic nitrogens is 8. The van der Waals surface area contributed by atoms with E-state index in [-0.39, 0.29) is 0 Å². The Hall–Kier alpha value is -4.50. The molecule has 2 aliphatic carbocycles. The lowest BCUT2D eigenvalue weighted by atomic mass is 10.3. The first-order valence-corrected chi connectivity index (χ1v) is 17.7. The van der Waals surface area contributed by atoms with Gasteiger partial charge in [0, 0.05) is 68.6 Å². The summed E-state index contributed by atoms with van der Waals surface area (Å²) >= 11 is 3.01. The Bertz CT molecular complexity index is 1880. The number of hydrogen-bond donors (Lipinski definition) is 6. The molecular formula is C34H38N10O2S2. The molecule has 12 nitrogen and oxygen atoms in total. The van der Waals surface area contributed by atoms with E-state index in [1.54, 1.807) is 26.2 Å². The van der Waals surface area contributed by atoms with Gasteiger partial charge in [0.15, 0.2) is 23.3 Å². The molecule has 0 bridgehead atoms. The summed E-state index contributed by atoms with van der Waals surface area (Å²) in [5.74, 6) is 5.64. The quantitative estimate of drug-likeness (QED) is 0.0836. The molecule has 6 heterocycles. The molecule has 2 atom stereocenters. The zero-order valence-corrected chi connectivity index (χ0v) is 28.8. The molecule has 48 heavy (non-hydrogen) atoms. The molecule has 14 heteroatoms. The minimum absolute atomic E-state index is 0.475. The zero-order chi connectivity index (χ0) is 33.4. The smallest absolute Gasteiger partial charge is 0.171 e. The van der Waals surface area contributed by atoms with Gasteiger partial charge in [-0.3, -0.25) is 10.2 Å². The van der Waals surface area contributed by atoms with Gasteiger partial charge in [-0.1, -0.05) is 0 Å². The highest BCUT2D eigenvalue weighted by Gasteiger charge is 2.26. The van der Waals surface area contributed by atoms with Crippen LogP contribution in [-0.2, 0) is 0 Å². The summed E-state index contributed by atoms with van der Waals surface area (Å²) in [5, 5.41) is 40.7. The molecule has 6 N–H and O–H groups in total. The Kier molecular flexibility index (Phi) is 9.05. The van der Waals surface area contributed by atoms with Gasteiger partial charge in [-0.15, -0.1) is 22.7 Å². The monoisotopic (exact) mass is 682 g/mol. The molecule has 0 aliphatic heterocycles. The van der Waals surface area contributed by atoms with Crippen LogP contribution in [0.2, 0.25) is 0 Å². The SMILES string of the molecule is Cc1cnc(-c2ccc([C@@H](C)O)s2)nc1Nc1cc(C2CC2)[nH]n1.Cc1cnc(-c2ccc([C@H](C)O)s2)nc1Nc1cc(C2CC2)[nH]n1. The average molecular weight is 683 g/mol. The van der Waals surface area contributed by atoms with Crippen LogP contribution in [0.5, 0.6) is 0 Å². The highest BCUT2D eigenvalue weighted by molar-refractivity contribution is 7.15. The number of aliphatic hydroxyl groups is 2. The highest BCUT2D eigenvalue weighted by Crippen LogP contribution is 2.41. The molecule has 0 spiro atoms. The van der Waals surface area contributed by atoms with Crippen LogP contribution in [0.15, 0.2) is 48.8 Å². The fourth-order valence-electron chi connectivity index (χ4n) is 5.02. The van der Waals surface area contributed by atoms with Gasteiger partial charge in [-0.2, -0.15) is 10.2 Å². The fraction of sp³-hybridized carbons (Fsp3) is 0.353. The van der Waals surface area contributed by atoms with Gasteiger partial charge in [0.1, 0.15) is 11.6 Å². The molecule has 8 rings (SSSR count). The van der Waals surface area contributed by atoms with Crippen LogP contribution in [0.3, 0.4) is 0 Å². The van der Waals surface area contributed by atoms with Crippen LogP contribution < -0.4 is 10.6 Å². The molecule has 0 amide bonds. The van der Waals surface area contributed by atoms with Crippen molar-refractivity contribution >= 4 is 45.9 Å². The van der Waals surface area contributed by atoms with Gasteiger partial charge in [0.2, 0.25) is 0 Å². The maximum absolute atomic E-state index is 9.68. The number of rotatable bonds is 10. The topological polar surface area (TPSA) is 173 Å². The van der Waals surface area contributed by atoms with Crippen LogP contribution in [0.1, 0.15) is 95.8 Å². The van der Waals surface area contributed by atoms with Gasteiger partial charge >= 0.3 is 0 Å². The Morgan fingerprint density at radius 1 is 0.688 bits per heavy atom. The first kappa shape index (κ1) is 32.1. The molecule has 2 aliphatic rings. The van der Waals surface area contributed by atoms with E-state index in [1.165, 1.54) is 59.7 Å². The number of anilines is 4. The average Bonchev–Trinajstić information content (AvgIpc) is 3.82. The van der Waals surface area contributed by atoms with Crippen molar-refractivity contribution in [3.8, 4) is 21.4 Å². The summed E-state index contributed by atoms with van der Waals surface area (Å²) in [6.45, 7) is 7.45. The Morgan fingerprint density at radius 3 is 1.46 bits per heavy atom. The van der Waals surface area contributed by atoms with E-state index in [9.17, 15) is 10.2 Å². The third-order valence-electron chi connectivity index (χ3n) is 8.18. The van der Waals surface area contributed by atoms with E-state index < -0.39 is 12.2 Å². The number of H-pyrrole nitrogens is 2. The number of aliphatic hydroxyl groups excluding tert-OH is 2. The van der Waals surface area contributed by atoms with Crippen molar-refractivity contribution in [1.82, 2.24) is 40.3 Å². The van der Waals surface area contributed by atoms with Crippen LogP contribution in [0.4, 0.5) is 23.3 Å². The summed E-state index contributed by atoms with van der Waals surface area (Å²) in [6, 6.07) is 11.8. The molecule has 248 valence electrons. The second kappa shape index (κ2) is 13.5. The van der Waals surface area contributed by atoms with E-state index in [0.29, 0.717) is 23.5 Å². The molecule has 0 aromatic carbocycles. The Balaban J connectivity index is 0.000000152. The van der Waals surface area contributed by atoms with Crippen molar-refractivity contribution in [3.63, 3.8) is 0 Å². The molecule has 2 saturated carbocycles. The largest absolute Gasteiger partial charge is 0.388 e. The van der Waals surface area contributed by atoms with Gasteiger partial charge < -0.3 is 20.8 Å². The van der Waals surface area contributed by atoms with E-state index in [0.717, 1.165) is 53.9 Å². The van der Waals surface area contributed by atoms with Crippen LogP contribution in [0, 0.1) is 13.8 Å². The number of nitrogens with one attached hydrogen (secondary N) is 4. The Labute approximate surface area is 286 Å². The molecule has 0 saturated heterocycles. The van der Waals surface area contributed by atoms with Crippen molar-refractivity contribution in [2.24, 2.45) is 0 Å². The second-order valence-corrected chi connectivity index (χ2v) is 14.7. The molecule has 0 unspecified atom stereocenters. The Morgan fingerprint density at radius 2 is 1.10 bits per heavy atom. The minimum atomic E-state index is -0.475. The number of thiophene rings is 2. The summed E-state index contributed by atoms with van der Waals surface area (Å²) in [7, 11) is 0. The van der Waals surface area contributed by atoms with Crippen molar-refractivity contribution in [1.29, 1.82) is 0 Å². The maximum Gasteiger partial charge on any atom is 0.171 e. The first-order valence-electron chi connectivity index (χ1n) is 16.1. The zero-order valence-electron chi connectivity index (χ0n) is 27.2. The molecule has 6 aromatic rings. The molecular weight excluding hydrogens is 645 g/mol. The van der Waals surface area contributed by atoms with Crippen LogP contribution in [0.25, 0.3) is 21.4 Å². The highest BCUT2D eigenvalue weighted by atomic mass is 32.1. The third kappa shape index (κ3) is 7.46. The molecule has 6 aromatic heterocycles. The number of hydrogen-bond acceptors (Lipinski definition) is 12. The van der Waals surface area contributed by atoms with E-state index in [4.69, 9.17) is 0 Å². The van der Waals surface area contributed by atoms with Gasteiger partial charge in [0.25, 0.3) is 0 Å². The summed E-state index contributed by atoms with van der Waals surface area (Å²) < 4.78 is 0. The standard InChI is InChI=1S/2C17H19N5OS/c2*1-9-8-18-17(14-6-5-13(24-14)10(2)23)20-16(9)19-15-7-12(21-22-15)11-3-4-11/h2*5-8,10-11,23H,3-4H2,1-2H3,(H2,18,19,20,21,22)/t2*10-/m10/s1. The van der Waals surface area contributed by atoms with Crippen molar-refractivity contribution < 1.29 is 10.2 Å². The van der Waals surface area contributed by atoms with Crippen molar-refractivity contribution in [2.45, 2.75) is 77.4 Å². The lowest BCUT2D eigenvalue weighted by Gasteiger charge is -2.07. The third-order valence-corrected chi connectivity index (χ3v) is 10.7. The van der Waals surface area contributed by atoms with Crippen LogP contribution in [-0.4, -0.2) is 50.5 Å². The summed E-state index contributed by atoms with van der Waals surface area (Å²) in [5.41, 5.74) is 4.29. The lowest BCUT2D eigenvalue weighted by Crippen LogP contribution is -1.99. The number of aromatic amines is 2. The molecule has 2 fully saturated rings. The van der Waals surface area contributed by atoms with Crippen LogP contribution >= 0.6 is 22.7 Å². The van der Waals surface area contributed by atoms with Gasteiger partial charge in [-0.05, 0) is 77.6 Å². The summed E-state index contributed by atoms with van der Waals surface area (Å²) in [4.78, 5) is 21.8. The first-order chi connectivity index (χ1) is 23.2. The van der Waals surface area contributed by atoms with Crippen molar-refractivity contribution in [3.05, 3.63) is 81.1 Å². The predicted molar refractivity (Wildman–Crippen MR) is 189 cm³/mol. The van der Waals surface area contributed by atoms with Crippen molar-refractivity contribution in [2.75, 3.05) is 10.6 Å². The van der Waals surface area contributed by atoms with Gasteiger partial charge in [-0.25, -0.2) is 19.9 Å². The lowest BCUT2D eigenvalue weighted by molar-refractivity contribution is 0.203. The minimum Gasteiger partial charge on any atom is -0.388 e. The fourth-order valence-corrected chi connectivity index (χ4v) is 6.79. The predicted octanol–water partition coefficient (Wildman–Crippen LogP) is 7.82. The summed E-state index contributed by atoms with van der Waals surface area (Å²) in [6.07, 6.45) is 7.62. The van der Waals surface area contributed by atoms with E-state index >= 15 is 0 Å². The molecule has 0 radical (unpaired) electrons. The maximum atomic E-state index is 9.68. The normalized spacial score (nSPS) is 15.5. The van der Waals surface area contributed by atoms with Gasteiger partial charge in [0.05, 0.1) is 22.0 Å². The van der Waals surface area contributed by atoms with E-state index in [2.05, 4.69) is 63.1 Å². The number of nitrogens with zero attached hydrogens (tertiary/aromatic N) is 6. The number of aryl methyl sites for hydroxylation is 2. The van der Waals surface area contributed by atoms with E-state index in [1.807, 2.05) is 38.1 Å².